The molecule has 0 radical (unpaired) electrons. The molecule has 104 valence electrons. The van der Waals surface area contributed by atoms with Crippen LogP contribution in [-0.2, 0) is 17.5 Å². The van der Waals surface area contributed by atoms with Gasteiger partial charge in [0.05, 0.1) is 11.3 Å². The number of rotatable bonds is 1. The maximum Gasteiger partial charge on any atom is 0.418 e. The van der Waals surface area contributed by atoms with E-state index in [1.165, 1.54) is 6.07 Å². The number of anilines is 1. The van der Waals surface area contributed by atoms with Crippen LogP contribution in [0.5, 0.6) is 0 Å². The summed E-state index contributed by atoms with van der Waals surface area (Å²) in [6.45, 7) is 3.12. The number of benzene rings is 1. The van der Waals surface area contributed by atoms with Crippen LogP contribution in [0.25, 0.3) is 0 Å². The fraction of sp³-hybridized carbons (Fsp3) is 0.417. The molecule has 0 bridgehead atoms. The fourth-order valence-corrected chi connectivity index (χ4v) is 2.54. The van der Waals surface area contributed by atoms with Crippen molar-refractivity contribution in [3.05, 3.63) is 27.7 Å². The maximum absolute atomic E-state index is 13.1. The molecule has 1 heterocycles. The number of cyclic esters (lactones) is 1. The van der Waals surface area contributed by atoms with Gasteiger partial charge in [-0.05, 0) is 26.0 Å². The SMILES string of the molecule is CC(C)N1C(=O)OCc2cc(Br)cc(C(F)(F)F)c21. The Morgan fingerprint density at radius 3 is 2.53 bits per heavy atom. The molecule has 0 saturated carbocycles. The second-order valence-electron chi connectivity index (χ2n) is 4.48. The third-order valence-electron chi connectivity index (χ3n) is 2.76. The van der Waals surface area contributed by atoms with Crippen molar-refractivity contribution >= 4 is 27.7 Å². The van der Waals surface area contributed by atoms with Crippen molar-refractivity contribution < 1.29 is 22.7 Å². The van der Waals surface area contributed by atoms with Crippen molar-refractivity contribution in [2.24, 2.45) is 0 Å². The number of fused-ring (bicyclic) bond motifs is 1. The van der Waals surface area contributed by atoms with Crippen LogP contribution >= 0.6 is 15.9 Å². The molecule has 1 aromatic carbocycles. The monoisotopic (exact) mass is 337 g/mol. The Bertz CT molecular complexity index is 528. The van der Waals surface area contributed by atoms with Crippen LogP contribution in [0.1, 0.15) is 25.0 Å². The van der Waals surface area contributed by atoms with Crippen molar-refractivity contribution in [2.45, 2.75) is 32.7 Å². The Morgan fingerprint density at radius 1 is 1.37 bits per heavy atom. The largest absolute Gasteiger partial charge is 0.444 e. The minimum Gasteiger partial charge on any atom is -0.444 e. The standard InChI is InChI=1S/C12H11BrF3NO2/c1-6(2)17-10-7(5-19-11(17)18)3-8(13)4-9(10)12(14,15)16/h3-4,6H,5H2,1-2H3. The molecule has 0 atom stereocenters. The van der Waals surface area contributed by atoms with Crippen molar-refractivity contribution in [3.63, 3.8) is 0 Å². The average molecular weight is 338 g/mol. The molecule has 0 aromatic heterocycles. The van der Waals surface area contributed by atoms with Gasteiger partial charge >= 0.3 is 12.3 Å². The first kappa shape index (κ1) is 14.2. The molecule has 1 aliphatic rings. The van der Waals surface area contributed by atoms with Crippen molar-refractivity contribution in [3.8, 4) is 0 Å². The predicted molar refractivity (Wildman–Crippen MR) is 66.9 cm³/mol. The van der Waals surface area contributed by atoms with E-state index in [1.54, 1.807) is 13.8 Å². The van der Waals surface area contributed by atoms with Gasteiger partial charge < -0.3 is 4.74 Å². The normalized spacial score (nSPS) is 15.5. The number of amides is 1. The lowest BCUT2D eigenvalue weighted by atomic mass is 10.0. The topological polar surface area (TPSA) is 29.5 Å². The molecule has 3 nitrogen and oxygen atoms in total. The highest BCUT2D eigenvalue weighted by Crippen LogP contribution is 2.43. The first-order valence-corrected chi connectivity index (χ1v) is 6.36. The second kappa shape index (κ2) is 4.70. The molecule has 0 spiro atoms. The molecule has 0 saturated heterocycles. The first-order chi connectivity index (χ1) is 8.71. The van der Waals surface area contributed by atoms with E-state index in [0.717, 1.165) is 11.0 Å². The minimum absolute atomic E-state index is 0.109. The third-order valence-corrected chi connectivity index (χ3v) is 3.22. The van der Waals surface area contributed by atoms with Gasteiger partial charge in [-0.15, -0.1) is 0 Å². The summed E-state index contributed by atoms with van der Waals surface area (Å²) in [5, 5.41) is 0. The lowest BCUT2D eigenvalue weighted by Gasteiger charge is -2.34. The van der Waals surface area contributed by atoms with Crippen LogP contribution in [-0.4, -0.2) is 12.1 Å². The average Bonchev–Trinajstić information content (AvgIpc) is 2.26. The van der Waals surface area contributed by atoms with Crippen LogP contribution in [0, 0.1) is 0 Å². The zero-order valence-electron chi connectivity index (χ0n) is 10.2. The smallest absolute Gasteiger partial charge is 0.418 e. The van der Waals surface area contributed by atoms with Crippen LogP contribution in [0.2, 0.25) is 0 Å². The summed E-state index contributed by atoms with van der Waals surface area (Å²) < 4.78 is 44.6. The van der Waals surface area contributed by atoms with E-state index < -0.39 is 23.9 Å². The summed E-state index contributed by atoms with van der Waals surface area (Å²) in [5.74, 6) is 0. The molecule has 1 amide bonds. The van der Waals surface area contributed by atoms with Gasteiger partial charge in [-0.2, -0.15) is 13.2 Å². The lowest BCUT2D eigenvalue weighted by molar-refractivity contribution is -0.137. The van der Waals surface area contributed by atoms with E-state index >= 15 is 0 Å². The number of hydrogen-bond acceptors (Lipinski definition) is 2. The van der Waals surface area contributed by atoms with Crippen molar-refractivity contribution in [2.75, 3.05) is 4.90 Å². The molecule has 0 N–H and O–H groups in total. The molecule has 19 heavy (non-hydrogen) atoms. The van der Waals surface area contributed by atoms with Gasteiger partial charge in [0.2, 0.25) is 0 Å². The van der Waals surface area contributed by atoms with Gasteiger partial charge in [0.25, 0.3) is 0 Å². The predicted octanol–water partition coefficient (Wildman–Crippen LogP) is 4.33. The zero-order chi connectivity index (χ0) is 14.4. The number of ether oxygens (including phenoxy) is 1. The number of alkyl halides is 3. The molecule has 7 heteroatoms. The molecular formula is C12H11BrF3NO2. The highest BCUT2D eigenvalue weighted by Gasteiger charge is 2.40. The molecule has 0 unspecified atom stereocenters. The van der Waals surface area contributed by atoms with E-state index in [9.17, 15) is 18.0 Å². The van der Waals surface area contributed by atoms with E-state index in [-0.39, 0.29) is 12.3 Å². The summed E-state index contributed by atoms with van der Waals surface area (Å²) >= 11 is 3.05. The fourth-order valence-electron chi connectivity index (χ4n) is 2.04. The Hall–Kier alpha value is -1.24. The third kappa shape index (κ3) is 2.56. The van der Waals surface area contributed by atoms with E-state index in [0.29, 0.717) is 10.0 Å². The Labute approximate surface area is 116 Å². The minimum atomic E-state index is -4.53. The molecule has 1 aliphatic heterocycles. The zero-order valence-corrected chi connectivity index (χ0v) is 11.8. The van der Waals surface area contributed by atoms with E-state index in [1.807, 2.05) is 0 Å². The number of carbonyl (C=O) groups is 1. The maximum atomic E-state index is 13.1. The van der Waals surface area contributed by atoms with Gasteiger partial charge in [-0.1, -0.05) is 15.9 Å². The highest BCUT2D eigenvalue weighted by molar-refractivity contribution is 9.10. The molecule has 0 aliphatic carbocycles. The second-order valence-corrected chi connectivity index (χ2v) is 5.39. The van der Waals surface area contributed by atoms with Crippen molar-refractivity contribution in [1.82, 2.24) is 0 Å². The Balaban J connectivity index is 2.71. The molecule has 2 rings (SSSR count). The lowest BCUT2D eigenvalue weighted by Crippen LogP contribution is -2.42. The van der Waals surface area contributed by atoms with Gasteiger partial charge in [-0.3, -0.25) is 4.90 Å². The molecule has 0 fully saturated rings. The van der Waals surface area contributed by atoms with Crippen LogP contribution < -0.4 is 4.90 Å². The number of carbonyl (C=O) groups excluding carboxylic acids is 1. The Kier molecular flexibility index (Phi) is 3.51. The van der Waals surface area contributed by atoms with E-state index in [4.69, 9.17) is 4.74 Å². The van der Waals surface area contributed by atoms with Gasteiger partial charge in [0.1, 0.15) is 6.61 Å². The van der Waals surface area contributed by atoms with Crippen LogP contribution in [0.15, 0.2) is 16.6 Å². The quantitative estimate of drug-likeness (QED) is 0.763. The van der Waals surface area contributed by atoms with Crippen LogP contribution in [0.4, 0.5) is 23.7 Å². The summed E-state index contributed by atoms with van der Waals surface area (Å²) in [7, 11) is 0. The number of hydrogen-bond donors (Lipinski definition) is 0. The summed E-state index contributed by atoms with van der Waals surface area (Å²) in [4.78, 5) is 12.7. The van der Waals surface area contributed by atoms with Gasteiger partial charge in [0.15, 0.2) is 0 Å². The summed E-state index contributed by atoms with van der Waals surface area (Å²) in [6, 6.07) is 2.09. The summed E-state index contributed by atoms with van der Waals surface area (Å²) in [6.07, 6.45) is -5.28. The Morgan fingerprint density at radius 2 is 2.00 bits per heavy atom. The first-order valence-electron chi connectivity index (χ1n) is 5.57. The molecule has 1 aromatic rings. The number of halogens is 4. The van der Waals surface area contributed by atoms with Crippen molar-refractivity contribution in [1.29, 1.82) is 0 Å². The highest BCUT2D eigenvalue weighted by atomic mass is 79.9. The number of nitrogens with zero attached hydrogens (tertiary/aromatic N) is 1. The van der Waals surface area contributed by atoms with Gasteiger partial charge in [-0.25, -0.2) is 4.79 Å². The van der Waals surface area contributed by atoms with Gasteiger partial charge in [0, 0.05) is 16.1 Å². The van der Waals surface area contributed by atoms with Crippen LogP contribution in [0.3, 0.4) is 0 Å². The summed E-state index contributed by atoms with van der Waals surface area (Å²) in [5.41, 5.74) is -0.598. The molecular weight excluding hydrogens is 327 g/mol. The van der Waals surface area contributed by atoms with E-state index in [2.05, 4.69) is 15.9 Å².